The van der Waals surface area contributed by atoms with E-state index in [0.717, 1.165) is 18.4 Å². The molecule has 0 heterocycles. The Hall–Kier alpha value is -1.88. The van der Waals surface area contributed by atoms with Crippen LogP contribution in [0, 0.1) is 5.92 Å². The molecule has 134 valence electrons. The summed E-state index contributed by atoms with van der Waals surface area (Å²) in [6, 6.07) is 7.51. The largest absolute Gasteiger partial charge is 0.396 e. The molecule has 0 saturated heterocycles. The Morgan fingerprint density at radius 1 is 1.12 bits per heavy atom. The number of hydrogen-bond donors (Lipinski definition) is 3. The van der Waals surface area contributed by atoms with Gasteiger partial charge in [0.15, 0.2) is 0 Å². The molecule has 2 amide bonds. The van der Waals surface area contributed by atoms with Gasteiger partial charge in [-0.1, -0.05) is 52.3 Å². The highest BCUT2D eigenvalue weighted by Gasteiger charge is 2.21. The Morgan fingerprint density at radius 2 is 1.79 bits per heavy atom. The molecule has 0 aliphatic carbocycles. The number of aliphatic hydroxyl groups is 1. The Morgan fingerprint density at radius 3 is 2.38 bits per heavy atom. The first-order valence-electron chi connectivity index (χ1n) is 8.59. The number of hydrogen-bond acceptors (Lipinski definition) is 3. The van der Waals surface area contributed by atoms with Crippen LogP contribution in [0.2, 0.25) is 0 Å². The molecule has 1 atom stereocenters. The van der Waals surface area contributed by atoms with E-state index in [0.29, 0.717) is 18.7 Å². The van der Waals surface area contributed by atoms with Gasteiger partial charge in [-0.3, -0.25) is 9.59 Å². The van der Waals surface area contributed by atoms with E-state index in [-0.39, 0.29) is 17.9 Å². The van der Waals surface area contributed by atoms with Crippen molar-refractivity contribution in [2.24, 2.45) is 5.92 Å². The standard InChI is InChI=1S/C19H30N2O3/c1-5-8-14(11-12-22)13-20-17(23)18(24)21-16-10-7-6-9-15(16)19(2,3)4/h6-7,9-10,14,22H,5,8,11-13H2,1-4H3,(H,20,23)(H,21,24). The average Bonchev–Trinajstić information content (AvgIpc) is 2.52. The minimum absolute atomic E-state index is 0.0890. The Labute approximate surface area is 144 Å². The fourth-order valence-corrected chi connectivity index (χ4v) is 2.68. The third-order valence-corrected chi connectivity index (χ3v) is 3.98. The van der Waals surface area contributed by atoms with Gasteiger partial charge in [0.25, 0.3) is 0 Å². The topological polar surface area (TPSA) is 78.4 Å². The molecule has 1 aromatic rings. The van der Waals surface area contributed by atoms with E-state index in [1.807, 2.05) is 18.2 Å². The second-order valence-electron chi connectivity index (χ2n) is 7.13. The number of carbonyl (C=O) groups excluding carboxylic acids is 2. The summed E-state index contributed by atoms with van der Waals surface area (Å²) < 4.78 is 0. The molecule has 0 spiro atoms. The first-order chi connectivity index (χ1) is 11.3. The number of para-hydroxylation sites is 1. The van der Waals surface area contributed by atoms with Crippen LogP contribution in [0.4, 0.5) is 5.69 Å². The normalized spacial score (nSPS) is 12.5. The van der Waals surface area contributed by atoms with E-state index in [4.69, 9.17) is 5.11 Å². The van der Waals surface area contributed by atoms with Gasteiger partial charge in [-0.2, -0.15) is 0 Å². The molecule has 0 aliphatic rings. The van der Waals surface area contributed by atoms with E-state index < -0.39 is 11.8 Å². The lowest BCUT2D eigenvalue weighted by molar-refractivity contribution is -0.136. The molecular weight excluding hydrogens is 304 g/mol. The van der Waals surface area contributed by atoms with Crippen molar-refractivity contribution in [3.8, 4) is 0 Å². The molecule has 0 aliphatic heterocycles. The van der Waals surface area contributed by atoms with Crippen molar-refractivity contribution in [3.63, 3.8) is 0 Å². The number of amides is 2. The quantitative estimate of drug-likeness (QED) is 0.671. The number of anilines is 1. The number of benzene rings is 1. The summed E-state index contributed by atoms with van der Waals surface area (Å²) in [5.74, 6) is -1.11. The van der Waals surface area contributed by atoms with Gasteiger partial charge in [-0.25, -0.2) is 0 Å². The SMILES string of the molecule is CCCC(CCO)CNC(=O)C(=O)Nc1ccccc1C(C)(C)C. The Balaban J connectivity index is 2.67. The van der Waals surface area contributed by atoms with Crippen molar-refractivity contribution in [2.45, 2.75) is 52.4 Å². The van der Waals surface area contributed by atoms with Crippen molar-refractivity contribution in [1.82, 2.24) is 5.32 Å². The van der Waals surface area contributed by atoms with Crippen molar-refractivity contribution >= 4 is 17.5 Å². The number of rotatable bonds is 7. The van der Waals surface area contributed by atoms with E-state index in [9.17, 15) is 9.59 Å². The van der Waals surface area contributed by atoms with E-state index >= 15 is 0 Å². The minimum atomic E-state index is -0.661. The highest BCUT2D eigenvalue weighted by Crippen LogP contribution is 2.29. The summed E-state index contributed by atoms with van der Waals surface area (Å²) in [6.45, 7) is 8.72. The molecule has 0 radical (unpaired) electrons. The molecule has 0 fully saturated rings. The molecule has 24 heavy (non-hydrogen) atoms. The van der Waals surface area contributed by atoms with Gasteiger partial charge in [-0.05, 0) is 35.8 Å². The maximum Gasteiger partial charge on any atom is 0.313 e. The van der Waals surface area contributed by atoms with Crippen molar-refractivity contribution in [3.05, 3.63) is 29.8 Å². The van der Waals surface area contributed by atoms with Crippen LogP contribution in [-0.2, 0) is 15.0 Å². The molecule has 1 unspecified atom stereocenters. The van der Waals surface area contributed by atoms with Crippen LogP contribution < -0.4 is 10.6 Å². The van der Waals surface area contributed by atoms with Crippen molar-refractivity contribution < 1.29 is 14.7 Å². The smallest absolute Gasteiger partial charge is 0.313 e. The molecule has 3 N–H and O–H groups in total. The Kier molecular flexibility index (Phi) is 7.92. The molecule has 0 bridgehead atoms. The summed E-state index contributed by atoms with van der Waals surface area (Å²) in [7, 11) is 0. The fraction of sp³-hybridized carbons (Fsp3) is 0.579. The van der Waals surface area contributed by atoms with Crippen molar-refractivity contribution in [1.29, 1.82) is 0 Å². The maximum absolute atomic E-state index is 12.1. The second-order valence-corrected chi connectivity index (χ2v) is 7.13. The first kappa shape index (κ1) is 20.2. The minimum Gasteiger partial charge on any atom is -0.396 e. The van der Waals surface area contributed by atoms with Crippen LogP contribution in [0.15, 0.2) is 24.3 Å². The zero-order valence-electron chi connectivity index (χ0n) is 15.2. The summed E-state index contributed by atoms with van der Waals surface area (Å²) in [6.07, 6.45) is 2.52. The molecular formula is C19H30N2O3. The monoisotopic (exact) mass is 334 g/mol. The second kappa shape index (κ2) is 9.42. The molecule has 0 saturated carbocycles. The number of carbonyl (C=O) groups is 2. The van der Waals surface area contributed by atoms with Gasteiger partial charge in [0.1, 0.15) is 0 Å². The van der Waals surface area contributed by atoms with Gasteiger partial charge in [0.05, 0.1) is 0 Å². The third-order valence-electron chi connectivity index (χ3n) is 3.98. The average molecular weight is 334 g/mol. The zero-order valence-corrected chi connectivity index (χ0v) is 15.2. The van der Waals surface area contributed by atoms with E-state index in [2.05, 4.69) is 38.3 Å². The summed E-state index contributed by atoms with van der Waals surface area (Å²) in [4.78, 5) is 24.2. The summed E-state index contributed by atoms with van der Waals surface area (Å²) >= 11 is 0. The zero-order chi connectivity index (χ0) is 18.2. The highest BCUT2D eigenvalue weighted by atomic mass is 16.3. The van der Waals surface area contributed by atoms with Gasteiger partial charge >= 0.3 is 11.8 Å². The third kappa shape index (κ3) is 6.32. The Bertz CT molecular complexity index is 544. The first-order valence-corrected chi connectivity index (χ1v) is 8.59. The molecule has 5 nitrogen and oxygen atoms in total. The predicted octanol–water partition coefficient (Wildman–Crippen LogP) is 2.84. The van der Waals surface area contributed by atoms with Gasteiger partial charge in [0, 0.05) is 18.8 Å². The van der Waals surface area contributed by atoms with Crippen LogP contribution in [0.25, 0.3) is 0 Å². The van der Waals surface area contributed by atoms with Crippen molar-refractivity contribution in [2.75, 3.05) is 18.5 Å². The lowest BCUT2D eigenvalue weighted by atomic mass is 9.86. The number of aliphatic hydroxyl groups excluding tert-OH is 1. The van der Waals surface area contributed by atoms with E-state index in [1.165, 1.54) is 0 Å². The lowest BCUT2D eigenvalue weighted by Gasteiger charge is -2.23. The number of nitrogens with one attached hydrogen (secondary N) is 2. The predicted molar refractivity (Wildman–Crippen MR) is 96.9 cm³/mol. The van der Waals surface area contributed by atoms with E-state index in [1.54, 1.807) is 6.07 Å². The molecule has 5 heteroatoms. The van der Waals surface area contributed by atoms with Gasteiger partial charge < -0.3 is 15.7 Å². The summed E-state index contributed by atoms with van der Waals surface area (Å²) in [5, 5.41) is 14.4. The molecule has 1 rings (SSSR count). The maximum atomic E-state index is 12.1. The molecule has 1 aromatic carbocycles. The summed E-state index contributed by atoms with van der Waals surface area (Å²) in [5.41, 5.74) is 1.51. The van der Waals surface area contributed by atoms with Crippen LogP contribution in [0.1, 0.15) is 52.5 Å². The lowest BCUT2D eigenvalue weighted by Crippen LogP contribution is -2.38. The molecule has 0 aromatic heterocycles. The van der Waals surface area contributed by atoms with Crippen LogP contribution in [-0.4, -0.2) is 30.1 Å². The fourth-order valence-electron chi connectivity index (χ4n) is 2.68. The van der Waals surface area contributed by atoms with Crippen LogP contribution in [0.3, 0.4) is 0 Å². The van der Waals surface area contributed by atoms with Crippen LogP contribution >= 0.6 is 0 Å². The van der Waals surface area contributed by atoms with Crippen LogP contribution in [0.5, 0.6) is 0 Å². The highest BCUT2D eigenvalue weighted by molar-refractivity contribution is 6.39. The van der Waals surface area contributed by atoms with Gasteiger partial charge in [0.2, 0.25) is 0 Å². The van der Waals surface area contributed by atoms with Gasteiger partial charge in [-0.15, -0.1) is 0 Å².